The molecule has 0 fully saturated rings. The predicted octanol–water partition coefficient (Wildman–Crippen LogP) is 4.06. The van der Waals surface area contributed by atoms with Gasteiger partial charge in [-0.2, -0.15) is 0 Å². The maximum absolute atomic E-state index is 12.3. The zero-order valence-electron chi connectivity index (χ0n) is 15.1. The van der Waals surface area contributed by atoms with Crippen LogP contribution in [-0.2, 0) is 29.0 Å². The molecule has 1 heterocycles. The van der Waals surface area contributed by atoms with Gasteiger partial charge in [0.15, 0.2) is 0 Å². The van der Waals surface area contributed by atoms with Gasteiger partial charge in [-0.1, -0.05) is 43.6 Å². The van der Waals surface area contributed by atoms with Gasteiger partial charge in [0.05, 0.1) is 6.42 Å². The van der Waals surface area contributed by atoms with Crippen LogP contribution in [0.15, 0.2) is 42.5 Å². The second-order valence-corrected chi connectivity index (χ2v) is 7.44. The molecule has 5 heteroatoms. The van der Waals surface area contributed by atoms with Crippen LogP contribution in [0.2, 0.25) is 5.02 Å². The van der Waals surface area contributed by atoms with Crippen molar-refractivity contribution < 1.29 is 9.59 Å². The Balaban J connectivity index is 1.66. The van der Waals surface area contributed by atoms with Gasteiger partial charge >= 0.3 is 0 Å². The number of carbonyl (C=O) groups excluding carboxylic acids is 2. The number of rotatable bonds is 4. The Kier molecular flexibility index (Phi) is 5.62. The third kappa shape index (κ3) is 4.44. The number of fused-ring (bicyclic) bond motifs is 1. The summed E-state index contributed by atoms with van der Waals surface area (Å²) < 4.78 is 0. The molecule has 0 aliphatic carbocycles. The number of benzene rings is 2. The number of nitrogens with zero attached hydrogens (tertiary/aromatic N) is 1. The fourth-order valence-corrected chi connectivity index (χ4v) is 3.31. The van der Waals surface area contributed by atoms with Gasteiger partial charge in [0.25, 0.3) is 0 Å². The van der Waals surface area contributed by atoms with Crippen molar-refractivity contribution in [3.63, 3.8) is 0 Å². The lowest BCUT2D eigenvalue weighted by atomic mass is 9.98. The Morgan fingerprint density at radius 2 is 1.85 bits per heavy atom. The summed E-state index contributed by atoms with van der Waals surface area (Å²) >= 11 is 5.87. The molecule has 136 valence electrons. The van der Waals surface area contributed by atoms with E-state index in [0.29, 0.717) is 18.0 Å². The van der Waals surface area contributed by atoms with E-state index >= 15 is 0 Å². The van der Waals surface area contributed by atoms with Gasteiger partial charge < -0.3 is 10.2 Å². The first-order valence-corrected chi connectivity index (χ1v) is 9.25. The third-order valence-electron chi connectivity index (χ3n) is 4.59. The second kappa shape index (κ2) is 7.92. The molecule has 4 nitrogen and oxygen atoms in total. The molecule has 26 heavy (non-hydrogen) atoms. The van der Waals surface area contributed by atoms with Crippen LogP contribution in [0.4, 0.5) is 5.69 Å². The molecule has 0 saturated carbocycles. The van der Waals surface area contributed by atoms with Crippen molar-refractivity contribution in [2.45, 2.75) is 33.2 Å². The maximum atomic E-state index is 12.3. The third-order valence-corrected chi connectivity index (χ3v) is 4.84. The van der Waals surface area contributed by atoms with E-state index < -0.39 is 0 Å². The summed E-state index contributed by atoms with van der Waals surface area (Å²) in [5.74, 6) is 0.102. The molecule has 0 aromatic heterocycles. The molecule has 1 N–H and O–H groups in total. The minimum Gasteiger partial charge on any atom is -0.338 e. The average Bonchev–Trinajstić information content (AvgIpc) is 2.62. The monoisotopic (exact) mass is 370 g/mol. The lowest BCUT2D eigenvalue weighted by Gasteiger charge is -2.30. The van der Waals surface area contributed by atoms with Crippen molar-refractivity contribution in [2.75, 3.05) is 11.9 Å². The van der Waals surface area contributed by atoms with Crippen LogP contribution >= 0.6 is 11.6 Å². The first kappa shape index (κ1) is 18.5. The zero-order valence-corrected chi connectivity index (χ0v) is 15.8. The van der Waals surface area contributed by atoms with Crippen LogP contribution in [0.5, 0.6) is 0 Å². The van der Waals surface area contributed by atoms with E-state index in [9.17, 15) is 9.59 Å². The minimum atomic E-state index is -0.0711. The topological polar surface area (TPSA) is 49.4 Å². The van der Waals surface area contributed by atoms with Crippen LogP contribution in [-0.4, -0.2) is 23.3 Å². The molecule has 0 saturated heterocycles. The highest BCUT2D eigenvalue weighted by atomic mass is 35.5. The SMILES string of the molecule is CC(C)C(=O)N1CCc2ccc(NC(=O)Cc3ccc(Cl)cc3)cc2C1. The van der Waals surface area contributed by atoms with E-state index in [4.69, 9.17) is 11.6 Å². The zero-order chi connectivity index (χ0) is 18.7. The molecule has 1 aliphatic rings. The number of halogens is 1. The summed E-state index contributed by atoms with van der Waals surface area (Å²) in [5.41, 5.74) is 4.03. The van der Waals surface area contributed by atoms with Crippen molar-refractivity contribution in [3.05, 3.63) is 64.2 Å². The van der Waals surface area contributed by atoms with Crippen LogP contribution in [0.3, 0.4) is 0 Å². The van der Waals surface area contributed by atoms with E-state index in [2.05, 4.69) is 5.32 Å². The standard InChI is InChI=1S/C21H23ClN2O2/c1-14(2)21(26)24-10-9-16-5-8-19(12-17(16)13-24)23-20(25)11-15-3-6-18(22)7-4-15/h3-8,12,14H,9-11,13H2,1-2H3,(H,23,25). The predicted molar refractivity (Wildman–Crippen MR) is 104 cm³/mol. The van der Waals surface area contributed by atoms with Crippen molar-refractivity contribution in [1.29, 1.82) is 0 Å². The number of amides is 2. The first-order chi connectivity index (χ1) is 12.4. The van der Waals surface area contributed by atoms with E-state index in [1.165, 1.54) is 5.56 Å². The Morgan fingerprint density at radius 3 is 2.54 bits per heavy atom. The van der Waals surface area contributed by atoms with Crippen LogP contribution < -0.4 is 5.32 Å². The lowest BCUT2D eigenvalue weighted by Crippen LogP contribution is -2.38. The Hall–Kier alpha value is -2.33. The smallest absolute Gasteiger partial charge is 0.228 e. The van der Waals surface area contributed by atoms with Gasteiger partial charge in [0, 0.05) is 29.7 Å². The van der Waals surface area contributed by atoms with Gasteiger partial charge in [0.1, 0.15) is 0 Å². The largest absolute Gasteiger partial charge is 0.338 e. The molecule has 1 aliphatic heterocycles. The Morgan fingerprint density at radius 1 is 1.12 bits per heavy atom. The highest BCUT2D eigenvalue weighted by Crippen LogP contribution is 2.24. The van der Waals surface area contributed by atoms with E-state index in [1.54, 1.807) is 12.1 Å². The molecule has 0 spiro atoms. The van der Waals surface area contributed by atoms with Gasteiger partial charge in [-0.05, 0) is 47.4 Å². The van der Waals surface area contributed by atoms with Crippen molar-refractivity contribution in [2.24, 2.45) is 5.92 Å². The van der Waals surface area contributed by atoms with E-state index in [-0.39, 0.29) is 17.7 Å². The summed E-state index contributed by atoms with van der Waals surface area (Å²) in [4.78, 5) is 26.4. The Labute approximate surface area is 159 Å². The summed E-state index contributed by atoms with van der Waals surface area (Å²) in [6.45, 7) is 5.20. The molecule has 2 aromatic rings. The highest BCUT2D eigenvalue weighted by molar-refractivity contribution is 6.30. The number of carbonyl (C=O) groups is 2. The molecule has 2 aromatic carbocycles. The number of hydrogen-bond donors (Lipinski definition) is 1. The van der Waals surface area contributed by atoms with Gasteiger partial charge in [-0.3, -0.25) is 9.59 Å². The highest BCUT2D eigenvalue weighted by Gasteiger charge is 2.22. The molecule has 2 amide bonds. The van der Waals surface area contributed by atoms with Crippen molar-refractivity contribution in [3.8, 4) is 0 Å². The normalized spacial score (nSPS) is 13.5. The molecule has 0 atom stereocenters. The van der Waals surface area contributed by atoms with E-state index in [0.717, 1.165) is 29.8 Å². The maximum Gasteiger partial charge on any atom is 0.228 e. The second-order valence-electron chi connectivity index (χ2n) is 7.00. The number of nitrogens with one attached hydrogen (secondary N) is 1. The summed E-state index contributed by atoms with van der Waals surface area (Å²) in [6.07, 6.45) is 1.15. The minimum absolute atomic E-state index is 0.00110. The molecule has 0 unspecified atom stereocenters. The first-order valence-electron chi connectivity index (χ1n) is 8.87. The average molecular weight is 371 g/mol. The molecule has 3 rings (SSSR count). The quantitative estimate of drug-likeness (QED) is 0.882. The van der Waals surface area contributed by atoms with Gasteiger partial charge in [0.2, 0.25) is 11.8 Å². The van der Waals surface area contributed by atoms with Gasteiger partial charge in [-0.15, -0.1) is 0 Å². The summed E-state index contributed by atoms with van der Waals surface area (Å²) in [5, 5.41) is 3.60. The fraction of sp³-hybridized carbons (Fsp3) is 0.333. The Bertz CT molecular complexity index is 815. The molecular formula is C21H23ClN2O2. The van der Waals surface area contributed by atoms with Crippen LogP contribution in [0, 0.1) is 5.92 Å². The van der Waals surface area contributed by atoms with E-state index in [1.807, 2.05) is 49.1 Å². The van der Waals surface area contributed by atoms with Crippen molar-refractivity contribution in [1.82, 2.24) is 4.90 Å². The van der Waals surface area contributed by atoms with Crippen LogP contribution in [0.25, 0.3) is 0 Å². The fourth-order valence-electron chi connectivity index (χ4n) is 3.18. The van der Waals surface area contributed by atoms with Crippen molar-refractivity contribution >= 4 is 29.1 Å². The molecule has 0 radical (unpaired) electrons. The number of hydrogen-bond acceptors (Lipinski definition) is 2. The number of anilines is 1. The van der Waals surface area contributed by atoms with Gasteiger partial charge in [-0.25, -0.2) is 0 Å². The van der Waals surface area contributed by atoms with Crippen LogP contribution in [0.1, 0.15) is 30.5 Å². The molecular weight excluding hydrogens is 348 g/mol. The molecule has 0 bridgehead atoms. The lowest BCUT2D eigenvalue weighted by molar-refractivity contribution is -0.135. The summed E-state index contributed by atoms with van der Waals surface area (Å²) in [7, 11) is 0. The summed E-state index contributed by atoms with van der Waals surface area (Å²) in [6, 6.07) is 13.2.